The molecule has 0 spiro atoms. The first-order valence-corrected chi connectivity index (χ1v) is 16.7. The van der Waals surface area contributed by atoms with Crippen molar-refractivity contribution in [3.63, 3.8) is 0 Å². The monoisotopic (exact) mass is 728 g/mol. The van der Waals surface area contributed by atoms with Gasteiger partial charge in [0.2, 0.25) is 17.7 Å². The summed E-state index contributed by atoms with van der Waals surface area (Å²) in [5.41, 5.74) is 23.6. The van der Waals surface area contributed by atoms with Gasteiger partial charge in [-0.05, 0) is 85.5 Å². The number of thiophene rings is 1. The molecule has 3 aromatic rings. The molecule has 2 aromatic carbocycles. The van der Waals surface area contributed by atoms with Crippen LogP contribution in [0.2, 0.25) is 0 Å². The molecule has 252 valence electrons. The molecule has 0 radical (unpaired) electrons. The number of hydrogen-bond donors (Lipinski definition) is 7. The lowest BCUT2D eigenvalue weighted by atomic mass is 10.0. The highest BCUT2D eigenvalue weighted by Gasteiger charge is 2.29. The summed E-state index contributed by atoms with van der Waals surface area (Å²) in [5, 5.41) is 9.92. The number of carbonyl (C=O) groups is 4. The number of unbranched alkanes of at least 4 members (excludes halogenated alkanes) is 1. The molecule has 47 heavy (non-hydrogen) atoms. The molecule has 15 heteroatoms. The molecule has 1 heterocycles. The zero-order valence-electron chi connectivity index (χ0n) is 25.8. The maximum Gasteiger partial charge on any atom is 0.261 e. The van der Waals surface area contributed by atoms with Crippen molar-refractivity contribution in [3.05, 3.63) is 86.5 Å². The summed E-state index contributed by atoms with van der Waals surface area (Å²) in [5.74, 6) is -1.92. The van der Waals surface area contributed by atoms with Gasteiger partial charge < -0.3 is 43.6 Å². The average Bonchev–Trinajstić information content (AvgIpc) is 3.60. The van der Waals surface area contributed by atoms with Crippen LogP contribution in [0.3, 0.4) is 0 Å². The Kier molecular flexibility index (Phi) is 15.2. The van der Waals surface area contributed by atoms with Crippen LogP contribution in [-0.2, 0) is 21.0 Å². The average molecular weight is 730 g/mol. The van der Waals surface area contributed by atoms with E-state index in [1.807, 2.05) is 24.3 Å². The number of rotatable bonds is 19. The second kappa shape index (κ2) is 19.3. The van der Waals surface area contributed by atoms with Crippen molar-refractivity contribution in [1.82, 2.24) is 16.0 Å². The zero-order chi connectivity index (χ0) is 34.2. The number of nitrogens with zero attached hydrogens (tertiary/aromatic N) is 1. The third-order valence-electron chi connectivity index (χ3n) is 7.00. The van der Waals surface area contributed by atoms with Gasteiger partial charge in [-0.15, -0.1) is 11.3 Å². The molecule has 0 aliphatic heterocycles. The molecule has 0 aliphatic rings. The number of nitrogens with one attached hydrogen (secondary N) is 3. The lowest BCUT2D eigenvalue weighted by Crippen LogP contribution is -2.54. The molecule has 0 saturated carbocycles. The lowest BCUT2D eigenvalue weighted by Gasteiger charge is -2.25. The van der Waals surface area contributed by atoms with Crippen molar-refractivity contribution in [2.45, 2.75) is 56.8 Å². The Morgan fingerprint density at radius 3 is 2.11 bits per heavy atom. The summed E-state index contributed by atoms with van der Waals surface area (Å²) < 4.78 is 6.80. The van der Waals surface area contributed by atoms with E-state index in [-0.39, 0.29) is 25.3 Å². The smallest absolute Gasteiger partial charge is 0.261 e. The number of hydrogen-bond acceptors (Lipinski definition) is 8. The second-order valence-electron chi connectivity index (χ2n) is 10.6. The van der Waals surface area contributed by atoms with Crippen LogP contribution in [0, 0.1) is 0 Å². The molecule has 0 bridgehead atoms. The molecule has 0 aliphatic carbocycles. The lowest BCUT2D eigenvalue weighted by molar-refractivity contribution is -0.132. The minimum atomic E-state index is -1.18. The van der Waals surface area contributed by atoms with Crippen molar-refractivity contribution in [2.24, 2.45) is 27.9 Å². The van der Waals surface area contributed by atoms with Crippen LogP contribution in [-0.4, -0.2) is 54.8 Å². The number of aliphatic imine (C=N–C) groups is 1. The van der Waals surface area contributed by atoms with Crippen molar-refractivity contribution in [3.8, 4) is 5.75 Å². The van der Waals surface area contributed by atoms with E-state index in [0.717, 1.165) is 10.0 Å². The number of primary amides is 1. The molecule has 1 aromatic heterocycles. The molecule has 0 fully saturated rings. The molecular formula is C32H41BrN8O5S. The van der Waals surface area contributed by atoms with Gasteiger partial charge in [-0.2, -0.15) is 0 Å². The van der Waals surface area contributed by atoms with E-state index < -0.39 is 41.8 Å². The van der Waals surface area contributed by atoms with Crippen LogP contribution in [0.25, 0.3) is 0 Å². The number of halogens is 1. The summed E-state index contributed by atoms with van der Waals surface area (Å²) in [7, 11) is 0. The summed E-state index contributed by atoms with van der Waals surface area (Å²) in [6.07, 6.45) is 1.96. The standard InChI is InChI=1S/C32H41BrN8O5S/c33-22-12-8-20(9-13-22)19-46-23-14-10-21(11-15-23)27(28(35)42)41-30(44)24(5-1-2-16-34)39-29(43)25(6-3-17-38-32(36)37)40-31(45)26-7-4-18-47-26/h4,7-15,18,24-25,27H,1-3,5-6,16-17,19,34H2,(H2,35,42)(H,39,43)(H,40,45)(H,41,44)(H4,36,37,38)/t24-,25-,27+/m0/s1. The first-order chi connectivity index (χ1) is 22.6. The molecule has 3 rings (SSSR count). The fraction of sp³-hybridized carbons (Fsp3) is 0.344. The van der Waals surface area contributed by atoms with Gasteiger partial charge in [-0.25, -0.2) is 0 Å². The quantitative estimate of drug-likeness (QED) is 0.0548. The van der Waals surface area contributed by atoms with E-state index in [1.165, 1.54) is 11.3 Å². The fourth-order valence-electron chi connectivity index (χ4n) is 4.51. The van der Waals surface area contributed by atoms with E-state index in [1.54, 1.807) is 41.8 Å². The van der Waals surface area contributed by atoms with E-state index in [2.05, 4.69) is 36.9 Å². The minimum Gasteiger partial charge on any atom is -0.489 e. The zero-order valence-corrected chi connectivity index (χ0v) is 28.2. The van der Waals surface area contributed by atoms with Crippen molar-refractivity contribution in [2.75, 3.05) is 13.1 Å². The topological polar surface area (TPSA) is 230 Å². The summed E-state index contributed by atoms with van der Waals surface area (Å²) >= 11 is 4.64. The predicted molar refractivity (Wildman–Crippen MR) is 185 cm³/mol. The molecule has 13 nitrogen and oxygen atoms in total. The molecule has 3 atom stereocenters. The molecule has 0 saturated heterocycles. The second-order valence-corrected chi connectivity index (χ2v) is 12.5. The molecular weight excluding hydrogens is 688 g/mol. The molecule has 11 N–H and O–H groups in total. The Morgan fingerprint density at radius 1 is 0.830 bits per heavy atom. The van der Waals surface area contributed by atoms with Crippen LogP contribution < -0.4 is 43.6 Å². The molecule has 0 unspecified atom stereocenters. The number of amides is 4. The van der Waals surface area contributed by atoms with E-state index >= 15 is 0 Å². The van der Waals surface area contributed by atoms with Crippen molar-refractivity contribution >= 4 is 56.9 Å². The van der Waals surface area contributed by atoms with Crippen LogP contribution in [0.15, 0.2) is 75.5 Å². The number of benzene rings is 2. The van der Waals surface area contributed by atoms with Crippen LogP contribution in [0.1, 0.15) is 58.9 Å². The number of nitrogens with two attached hydrogens (primary N) is 4. The van der Waals surface area contributed by atoms with E-state index in [0.29, 0.717) is 48.6 Å². The highest BCUT2D eigenvalue weighted by atomic mass is 79.9. The largest absolute Gasteiger partial charge is 0.489 e. The van der Waals surface area contributed by atoms with Gasteiger partial charge in [0.1, 0.15) is 30.5 Å². The summed E-state index contributed by atoms with van der Waals surface area (Å²) in [4.78, 5) is 56.7. The maximum absolute atomic E-state index is 13.6. The first kappa shape index (κ1) is 37.0. The predicted octanol–water partition coefficient (Wildman–Crippen LogP) is 2.20. The SMILES string of the molecule is NCCCC[C@H](NC(=O)[C@H](CCCN=C(N)N)NC(=O)c1cccs1)C(=O)N[C@@H](C(N)=O)c1ccc(OCc2ccc(Br)cc2)cc1. The Balaban J connectivity index is 1.71. The van der Waals surface area contributed by atoms with Gasteiger partial charge in [0.05, 0.1) is 4.88 Å². The van der Waals surface area contributed by atoms with Crippen molar-refractivity contribution in [1.29, 1.82) is 0 Å². The highest BCUT2D eigenvalue weighted by Crippen LogP contribution is 2.20. The number of ether oxygens (including phenoxy) is 1. The Hall–Kier alpha value is -4.47. The third kappa shape index (κ3) is 12.7. The van der Waals surface area contributed by atoms with E-state index in [9.17, 15) is 19.2 Å². The van der Waals surface area contributed by atoms with Gasteiger partial charge in [0.15, 0.2) is 5.96 Å². The third-order valence-corrected chi connectivity index (χ3v) is 8.39. The van der Waals surface area contributed by atoms with Crippen molar-refractivity contribution < 1.29 is 23.9 Å². The highest BCUT2D eigenvalue weighted by molar-refractivity contribution is 9.10. The Bertz CT molecular complexity index is 1480. The minimum absolute atomic E-state index is 0.0860. The van der Waals surface area contributed by atoms with Crippen LogP contribution in [0.4, 0.5) is 0 Å². The van der Waals surface area contributed by atoms with Crippen LogP contribution in [0.5, 0.6) is 5.75 Å². The first-order valence-electron chi connectivity index (χ1n) is 15.0. The summed E-state index contributed by atoms with van der Waals surface area (Å²) in [6, 6.07) is 14.5. The Labute approximate surface area is 286 Å². The normalized spacial score (nSPS) is 12.6. The van der Waals surface area contributed by atoms with Crippen LogP contribution >= 0.6 is 27.3 Å². The Morgan fingerprint density at radius 2 is 1.49 bits per heavy atom. The summed E-state index contributed by atoms with van der Waals surface area (Å²) in [6.45, 7) is 0.984. The van der Waals surface area contributed by atoms with Gasteiger partial charge in [0, 0.05) is 11.0 Å². The number of guanidine groups is 1. The van der Waals surface area contributed by atoms with Gasteiger partial charge in [-0.3, -0.25) is 24.2 Å². The maximum atomic E-state index is 13.6. The van der Waals surface area contributed by atoms with Gasteiger partial charge >= 0.3 is 0 Å². The fourth-order valence-corrected chi connectivity index (χ4v) is 5.40. The van der Waals surface area contributed by atoms with Gasteiger partial charge in [-0.1, -0.05) is 46.3 Å². The van der Waals surface area contributed by atoms with E-state index in [4.69, 9.17) is 27.7 Å². The van der Waals surface area contributed by atoms with Gasteiger partial charge in [0.25, 0.3) is 5.91 Å². The molecule has 4 amide bonds. The number of carbonyl (C=O) groups excluding carboxylic acids is 4.